The third-order valence-corrected chi connectivity index (χ3v) is 6.70. The third-order valence-electron chi connectivity index (χ3n) is 6.70. The number of carbonyl (C=O) groups excluding carboxylic acids is 1. The van der Waals surface area contributed by atoms with Crippen molar-refractivity contribution in [3.8, 4) is 11.5 Å². The minimum absolute atomic E-state index is 0.105. The number of β-amino-alcohol motifs (C(OH)–C–C–N with tert-alkyl or cyclic N) is 1. The van der Waals surface area contributed by atoms with Gasteiger partial charge in [-0.2, -0.15) is 0 Å². The van der Waals surface area contributed by atoms with Crippen LogP contribution in [0.3, 0.4) is 0 Å². The summed E-state index contributed by atoms with van der Waals surface area (Å²) >= 11 is 0. The average molecular weight is 452 g/mol. The van der Waals surface area contributed by atoms with Gasteiger partial charge in [-0.3, -0.25) is 9.69 Å². The molecule has 1 saturated heterocycles. The number of hydrogen-bond acceptors (Lipinski definition) is 6. The lowest BCUT2D eigenvalue weighted by atomic mass is 10.00. The quantitative estimate of drug-likeness (QED) is 0.701. The summed E-state index contributed by atoms with van der Waals surface area (Å²) in [6, 6.07) is 13.9. The highest BCUT2D eigenvalue weighted by Crippen LogP contribution is 2.30. The Morgan fingerprint density at radius 1 is 1.21 bits per heavy atom. The van der Waals surface area contributed by atoms with Crippen molar-refractivity contribution in [2.45, 2.75) is 44.6 Å². The monoisotopic (exact) mass is 451 g/mol. The minimum Gasteiger partial charge on any atom is -0.489 e. The van der Waals surface area contributed by atoms with Gasteiger partial charge in [-0.25, -0.2) is 0 Å². The van der Waals surface area contributed by atoms with Crippen molar-refractivity contribution in [1.82, 2.24) is 15.1 Å². The molecule has 3 heterocycles. The second-order valence-corrected chi connectivity index (χ2v) is 9.44. The van der Waals surface area contributed by atoms with Crippen molar-refractivity contribution < 1.29 is 19.4 Å². The topological polar surface area (TPSA) is 74.3 Å². The molecule has 3 aliphatic rings. The Labute approximate surface area is 195 Å². The first-order chi connectivity index (χ1) is 16.0. The Balaban J connectivity index is 1.23. The summed E-state index contributed by atoms with van der Waals surface area (Å²) in [5.41, 5.74) is 3.24. The van der Waals surface area contributed by atoms with Gasteiger partial charge in [-0.05, 0) is 49.6 Å². The molecule has 3 atom stereocenters. The summed E-state index contributed by atoms with van der Waals surface area (Å²) in [5, 5.41) is 14.1. The van der Waals surface area contributed by atoms with Crippen LogP contribution in [0.25, 0.3) is 0 Å². The maximum atomic E-state index is 13.3. The molecule has 7 heteroatoms. The van der Waals surface area contributed by atoms with E-state index in [0.29, 0.717) is 24.4 Å². The molecule has 0 spiro atoms. The number of aliphatic hydroxyl groups is 1. The molecule has 2 aromatic carbocycles. The first-order valence-electron chi connectivity index (χ1n) is 12.0. The Morgan fingerprint density at radius 2 is 2.06 bits per heavy atom. The van der Waals surface area contributed by atoms with Crippen molar-refractivity contribution in [3.05, 3.63) is 59.2 Å². The van der Waals surface area contributed by atoms with E-state index in [2.05, 4.69) is 34.5 Å². The second-order valence-electron chi connectivity index (χ2n) is 9.44. The number of benzene rings is 2. The van der Waals surface area contributed by atoms with E-state index in [1.807, 2.05) is 19.1 Å². The number of nitrogens with zero attached hydrogens (tertiary/aromatic N) is 2. The van der Waals surface area contributed by atoms with Gasteiger partial charge in [0.25, 0.3) is 5.91 Å². The van der Waals surface area contributed by atoms with Gasteiger partial charge in [-0.15, -0.1) is 0 Å². The fourth-order valence-electron chi connectivity index (χ4n) is 5.07. The lowest BCUT2D eigenvalue weighted by Gasteiger charge is -2.32. The molecule has 1 amide bonds. The van der Waals surface area contributed by atoms with E-state index < -0.39 is 6.10 Å². The molecule has 0 unspecified atom stereocenters. The van der Waals surface area contributed by atoms with Gasteiger partial charge in [0, 0.05) is 38.8 Å². The highest BCUT2D eigenvalue weighted by Gasteiger charge is 2.30. The zero-order valence-corrected chi connectivity index (χ0v) is 19.2. The Kier molecular flexibility index (Phi) is 6.53. The average Bonchev–Trinajstić information content (AvgIpc) is 3.27. The number of carbonyl (C=O) groups is 1. The van der Waals surface area contributed by atoms with Gasteiger partial charge in [-0.1, -0.05) is 24.3 Å². The highest BCUT2D eigenvalue weighted by molar-refractivity contribution is 5.97. The summed E-state index contributed by atoms with van der Waals surface area (Å²) in [5.74, 6) is 1.17. The van der Waals surface area contributed by atoms with Crippen LogP contribution in [0, 0.1) is 0 Å². The molecular weight excluding hydrogens is 418 g/mol. The number of rotatable bonds is 6. The summed E-state index contributed by atoms with van der Waals surface area (Å²) in [6.07, 6.45) is 1.32. The SMILES string of the molecule is C[C@@H]1CN(C[C@H](O)CN2CCc3ccccc3C2)C(=O)c2ccc(O[C@@H]3CCNC3)cc2O1. The number of amides is 1. The number of hydrogen-bond donors (Lipinski definition) is 2. The van der Waals surface area contributed by atoms with Crippen LogP contribution in [0.1, 0.15) is 34.8 Å². The minimum atomic E-state index is -0.620. The lowest BCUT2D eigenvalue weighted by molar-refractivity contribution is 0.0454. The van der Waals surface area contributed by atoms with E-state index in [4.69, 9.17) is 9.47 Å². The van der Waals surface area contributed by atoms with Crippen molar-refractivity contribution in [3.63, 3.8) is 0 Å². The van der Waals surface area contributed by atoms with Crippen LogP contribution in [-0.2, 0) is 13.0 Å². The van der Waals surface area contributed by atoms with Crippen molar-refractivity contribution in [2.75, 3.05) is 39.3 Å². The summed E-state index contributed by atoms with van der Waals surface area (Å²) in [7, 11) is 0. The first kappa shape index (κ1) is 22.2. The van der Waals surface area contributed by atoms with E-state index in [1.54, 1.807) is 11.0 Å². The van der Waals surface area contributed by atoms with Crippen LogP contribution in [-0.4, -0.2) is 78.4 Å². The molecular formula is C26H33N3O4. The molecule has 33 heavy (non-hydrogen) atoms. The summed E-state index contributed by atoms with van der Waals surface area (Å²) < 4.78 is 12.1. The maximum Gasteiger partial charge on any atom is 0.257 e. The summed E-state index contributed by atoms with van der Waals surface area (Å²) in [4.78, 5) is 17.3. The van der Waals surface area contributed by atoms with E-state index >= 15 is 0 Å². The van der Waals surface area contributed by atoms with Crippen LogP contribution in [0.15, 0.2) is 42.5 Å². The molecule has 2 aromatic rings. The van der Waals surface area contributed by atoms with Crippen molar-refractivity contribution >= 4 is 5.91 Å². The number of aliphatic hydroxyl groups excluding tert-OH is 1. The largest absolute Gasteiger partial charge is 0.489 e. The summed E-state index contributed by atoms with van der Waals surface area (Å²) in [6.45, 7) is 6.78. The smallest absolute Gasteiger partial charge is 0.257 e. The van der Waals surface area contributed by atoms with Crippen LogP contribution >= 0.6 is 0 Å². The van der Waals surface area contributed by atoms with E-state index in [-0.39, 0.29) is 24.7 Å². The third kappa shape index (κ3) is 5.16. The molecule has 176 valence electrons. The van der Waals surface area contributed by atoms with Crippen molar-refractivity contribution in [1.29, 1.82) is 0 Å². The van der Waals surface area contributed by atoms with Gasteiger partial charge in [0.05, 0.1) is 18.2 Å². The standard InChI is InChI=1S/C26H33N3O4/c1-18-14-29(17-21(30)16-28-11-9-19-4-2-3-5-20(19)15-28)26(31)24-7-6-22(12-25(24)32-18)33-23-8-10-27-13-23/h2-7,12,18,21,23,27,30H,8-11,13-17H2,1H3/t18-,21-,23-/m1/s1. The van der Waals surface area contributed by atoms with Gasteiger partial charge in [0.15, 0.2) is 0 Å². The van der Waals surface area contributed by atoms with Gasteiger partial charge >= 0.3 is 0 Å². The number of nitrogens with one attached hydrogen (secondary N) is 1. The normalized spacial score (nSPS) is 23.9. The zero-order valence-electron chi connectivity index (χ0n) is 19.2. The molecule has 0 saturated carbocycles. The predicted molar refractivity (Wildman–Crippen MR) is 126 cm³/mol. The molecule has 1 fully saturated rings. The first-order valence-corrected chi connectivity index (χ1v) is 12.0. The van der Waals surface area contributed by atoms with E-state index in [1.165, 1.54) is 11.1 Å². The Hall–Kier alpha value is -2.61. The molecule has 3 aliphatic heterocycles. The second kappa shape index (κ2) is 9.71. The van der Waals surface area contributed by atoms with Crippen LogP contribution < -0.4 is 14.8 Å². The molecule has 0 radical (unpaired) electrons. The zero-order chi connectivity index (χ0) is 22.8. The molecule has 0 aromatic heterocycles. The Morgan fingerprint density at radius 3 is 2.88 bits per heavy atom. The van der Waals surface area contributed by atoms with Gasteiger partial charge in [0.1, 0.15) is 23.7 Å². The van der Waals surface area contributed by atoms with E-state index in [0.717, 1.165) is 44.8 Å². The van der Waals surface area contributed by atoms with Gasteiger partial charge < -0.3 is 24.8 Å². The molecule has 0 aliphatic carbocycles. The number of ether oxygens (including phenoxy) is 2. The highest BCUT2D eigenvalue weighted by atomic mass is 16.5. The van der Waals surface area contributed by atoms with Crippen LogP contribution in [0.5, 0.6) is 11.5 Å². The molecule has 7 nitrogen and oxygen atoms in total. The van der Waals surface area contributed by atoms with Crippen molar-refractivity contribution in [2.24, 2.45) is 0 Å². The number of fused-ring (bicyclic) bond motifs is 2. The molecule has 5 rings (SSSR count). The van der Waals surface area contributed by atoms with Crippen LogP contribution in [0.2, 0.25) is 0 Å². The van der Waals surface area contributed by atoms with Gasteiger partial charge in [0.2, 0.25) is 0 Å². The van der Waals surface area contributed by atoms with Crippen LogP contribution in [0.4, 0.5) is 0 Å². The fourth-order valence-corrected chi connectivity index (χ4v) is 5.07. The van der Waals surface area contributed by atoms with E-state index in [9.17, 15) is 9.90 Å². The molecule has 2 N–H and O–H groups in total. The lowest BCUT2D eigenvalue weighted by Crippen LogP contribution is -2.45. The Bertz CT molecular complexity index is 991. The maximum absolute atomic E-state index is 13.3. The molecule has 0 bridgehead atoms. The predicted octanol–water partition coefficient (Wildman–Crippen LogP) is 2.07. The fraction of sp³-hybridized carbons (Fsp3) is 0.500.